The molecule has 0 spiro atoms. The van der Waals surface area contributed by atoms with Crippen molar-refractivity contribution in [1.82, 2.24) is 0 Å². The van der Waals surface area contributed by atoms with E-state index in [1.807, 2.05) is 42.5 Å². The number of nitriles is 1. The highest BCUT2D eigenvalue weighted by Crippen LogP contribution is 2.13. The highest BCUT2D eigenvalue weighted by molar-refractivity contribution is 5.43. The van der Waals surface area contributed by atoms with E-state index in [9.17, 15) is 0 Å². The lowest BCUT2D eigenvalue weighted by molar-refractivity contribution is 0.493. The van der Waals surface area contributed by atoms with Crippen LogP contribution < -0.4 is 5.32 Å². The Morgan fingerprint density at radius 1 is 1.18 bits per heavy atom. The second-order valence-electron chi connectivity index (χ2n) is 3.85. The Balaban J connectivity index is 2.00. The summed E-state index contributed by atoms with van der Waals surface area (Å²) in [5, 5.41) is 12.2. The van der Waals surface area contributed by atoms with Gasteiger partial charge in [0.15, 0.2) is 0 Å². The minimum Gasteiger partial charge on any atom is -0.469 e. The fourth-order valence-corrected chi connectivity index (χ4v) is 1.73. The van der Waals surface area contributed by atoms with Gasteiger partial charge in [0.2, 0.25) is 0 Å². The second-order valence-corrected chi connectivity index (χ2v) is 3.85. The summed E-state index contributed by atoms with van der Waals surface area (Å²) in [5.41, 5.74) is 1.03. The number of anilines is 1. The second kappa shape index (κ2) is 5.76. The largest absolute Gasteiger partial charge is 0.469 e. The zero-order valence-corrected chi connectivity index (χ0v) is 9.47. The first-order chi connectivity index (χ1) is 8.38. The van der Waals surface area contributed by atoms with E-state index < -0.39 is 0 Å². The van der Waals surface area contributed by atoms with E-state index in [4.69, 9.17) is 9.68 Å². The van der Waals surface area contributed by atoms with Crippen LogP contribution in [0.1, 0.15) is 12.2 Å². The van der Waals surface area contributed by atoms with Gasteiger partial charge in [-0.3, -0.25) is 0 Å². The van der Waals surface area contributed by atoms with E-state index in [1.54, 1.807) is 6.26 Å². The molecule has 1 atom stereocenters. The number of rotatable bonds is 5. The predicted molar refractivity (Wildman–Crippen MR) is 66.5 cm³/mol. The summed E-state index contributed by atoms with van der Waals surface area (Å²) >= 11 is 0. The van der Waals surface area contributed by atoms with Crippen LogP contribution in [0.3, 0.4) is 0 Å². The van der Waals surface area contributed by atoms with E-state index >= 15 is 0 Å². The quantitative estimate of drug-likeness (QED) is 0.851. The van der Waals surface area contributed by atoms with Crippen LogP contribution in [0.5, 0.6) is 0 Å². The van der Waals surface area contributed by atoms with Crippen LogP contribution in [0.2, 0.25) is 0 Å². The van der Waals surface area contributed by atoms with Crippen LogP contribution in [0.25, 0.3) is 0 Å². The molecule has 1 unspecified atom stereocenters. The first-order valence-electron chi connectivity index (χ1n) is 5.59. The zero-order chi connectivity index (χ0) is 11.9. The third kappa shape index (κ3) is 3.39. The first-order valence-corrected chi connectivity index (χ1v) is 5.59. The molecule has 2 rings (SSSR count). The molecule has 3 heteroatoms. The molecule has 1 N–H and O–H groups in total. The molecule has 0 saturated carbocycles. The Labute approximate surface area is 101 Å². The molecule has 0 fully saturated rings. The number of hydrogen-bond donors (Lipinski definition) is 1. The molecule has 0 aliphatic carbocycles. The van der Waals surface area contributed by atoms with Gasteiger partial charge in [0.1, 0.15) is 5.76 Å². The molecule has 0 bridgehead atoms. The fraction of sp³-hybridized carbons (Fsp3) is 0.214. The van der Waals surface area contributed by atoms with Gasteiger partial charge in [-0.15, -0.1) is 0 Å². The van der Waals surface area contributed by atoms with E-state index in [0.29, 0.717) is 6.42 Å². The van der Waals surface area contributed by atoms with Gasteiger partial charge in [0.25, 0.3) is 0 Å². The van der Waals surface area contributed by atoms with E-state index in [1.165, 1.54) is 0 Å². The minimum atomic E-state index is 0.0774. The van der Waals surface area contributed by atoms with Crippen LogP contribution >= 0.6 is 0 Å². The molecule has 0 radical (unpaired) electrons. The third-order valence-electron chi connectivity index (χ3n) is 2.51. The molecule has 1 aromatic carbocycles. The lowest BCUT2D eigenvalue weighted by atomic mass is 10.1. The highest BCUT2D eigenvalue weighted by Gasteiger charge is 2.10. The van der Waals surface area contributed by atoms with Gasteiger partial charge >= 0.3 is 0 Å². The van der Waals surface area contributed by atoms with Gasteiger partial charge < -0.3 is 9.73 Å². The van der Waals surface area contributed by atoms with Crippen molar-refractivity contribution in [1.29, 1.82) is 5.26 Å². The van der Waals surface area contributed by atoms with Crippen molar-refractivity contribution in [2.45, 2.75) is 18.9 Å². The molecule has 86 valence electrons. The van der Waals surface area contributed by atoms with Crippen molar-refractivity contribution in [3.63, 3.8) is 0 Å². The summed E-state index contributed by atoms with van der Waals surface area (Å²) < 4.78 is 5.30. The van der Waals surface area contributed by atoms with Crippen molar-refractivity contribution in [3.8, 4) is 6.07 Å². The number of nitrogens with one attached hydrogen (secondary N) is 1. The lowest BCUT2D eigenvalue weighted by Gasteiger charge is -2.15. The molecule has 0 aliphatic rings. The lowest BCUT2D eigenvalue weighted by Crippen LogP contribution is -2.21. The number of furan rings is 1. The molecule has 0 saturated heterocycles. The predicted octanol–water partition coefficient (Wildman–Crippen LogP) is 3.22. The number of benzene rings is 1. The molecule has 1 heterocycles. The van der Waals surface area contributed by atoms with Crippen molar-refractivity contribution in [3.05, 3.63) is 54.5 Å². The average molecular weight is 226 g/mol. The van der Waals surface area contributed by atoms with Crippen LogP contribution in [0, 0.1) is 11.3 Å². The van der Waals surface area contributed by atoms with Crippen molar-refractivity contribution in [2.75, 3.05) is 5.32 Å². The molecule has 17 heavy (non-hydrogen) atoms. The highest BCUT2D eigenvalue weighted by atomic mass is 16.3. The minimum absolute atomic E-state index is 0.0774. The zero-order valence-electron chi connectivity index (χ0n) is 9.47. The van der Waals surface area contributed by atoms with Gasteiger partial charge in [-0.1, -0.05) is 18.2 Å². The first kappa shape index (κ1) is 11.3. The van der Waals surface area contributed by atoms with Crippen LogP contribution in [0.4, 0.5) is 5.69 Å². The Kier molecular flexibility index (Phi) is 3.82. The average Bonchev–Trinajstić information content (AvgIpc) is 2.83. The standard InChI is InChI=1S/C14H14N2O/c15-9-8-13(11-14-7-4-10-17-14)16-12-5-2-1-3-6-12/h1-7,10,13,16H,8,11H2. The van der Waals surface area contributed by atoms with Crippen LogP contribution in [-0.4, -0.2) is 6.04 Å². The van der Waals surface area contributed by atoms with Crippen LogP contribution in [-0.2, 0) is 6.42 Å². The normalized spacial score (nSPS) is 11.7. The maximum atomic E-state index is 8.82. The van der Waals surface area contributed by atoms with E-state index in [2.05, 4.69) is 11.4 Å². The monoisotopic (exact) mass is 226 g/mol. The maximum Gasteiger partial charge on any atom is 0.105 e. The Hall–Kier alpha value is -2.21. The third-order valence-corrected chi connectivity index (χ3v) is 2.51. The Morgan fingerprint density at radius 2 is 2.00 bits per heavy atom. The molecule has 1 aromatic heterocycles. The topological polar surface area (TPSA) is 49.0 Å². The SMILES string of the molecule is N#CCC(Cc1ccco1)Nc1ccccc1. The van der Waals surface area contributed by atoms with E-state index in [0.717, 1.165) is 17.9 Å². The summed E-state index contributed by atoms with van der Waals surface area (Å²) in [5.74, 6) is 0.897. The van der Waals surface area contributed by atoms with Crippen molar-refractivity contribution < 1.29 is 4.42 Å². The summed E-state index contributed by atoms with van der Waals surface area (Å²) in [6, 6.07) is 16.0. The molecule has 0 amide bonds. The summed E-state index contributed by atoms with van der Waals surface area (Å²) in [4.78, 5) is 0. The van der Waals surface area contributed by atoms with Crippen molar-refractivity contribution in [2.24, 2.45) is 0 Å². The smallest absolute Gasteiger partial charge is 0.105 e. The van der Waals surface area contributed by atoms with Gasteiger partial charge in [-0.05, 0) is 24.3 Å². The number of nitrogens with zero attached hydrogens (tertiary/aromatic N) is 1. The summed E-state index contributed by atoms with van der Waals surface area (Å²) in [6.45, 7) is 0. The Morgan fingerprint density at radius 3 is 2.65 bits per heavy atom. The van der Waals surface area contributed by atoms with Gasteiger partial charge in [-0.2, -0.15) is 5.26 Å². The summed E-state index contributed by atoms with van der Waals surface area (Å²) in [6.07, 6.45) is 2.83. The molecule has 0 aliphatic heterocycles. The van der Waals surface area contributed by atoms with Crippen molar-refractivity contribution >= 4 is 5.69 Å². The molecule has 3 nitrogen and oxygen atoms in total. The molecule has 2 aromatic rings. The Bertz CT molecular complexity index is 471. The van der Waals surface area contributed by atoms with E-state index in [-0.39, 0.29) is 6.04 Å². The maximum absolute atomic E-state index is 8.82. The fourth-order valence-electron chi connectivity index (χ4n) is 1.73. The van der Waals surface area contributed by atoms with Gasteiger partial charge in [0, 0.05) is 18.2 Å². The van der Waals surface area contributed by atoms with Gasteiger partial charge in [0.05, 0.1) is 18.8 Å². The molecular formula is C14H14N2O. The number of para-hydroxylation sites is 1. The summed E-state index contributed by atoms with van der Waals surface area (Å²) in [7, 11) is 0. The van der Waals surface area contributed by atoms with Crippen LogP contribution in [0.15, 0.2) is 53.1 Å². The molecular weight excluding hydrogens is 212 g/mol. The number of hydrogen-bond acceptors (Lipinski definition) is 3. The van der Waals surface area contributed by atoms with Gasteiger partial charge in [-0.25, -0.2) is 0 Å².